The lowest BCUT2D eigenvalue weighted by Crippen LogP contribution is -2.47. The molecule has 0 aliphatic carbocycles. The van der Waals surface area contributed by atoms with Gasteiger partial charge in [-0.1, -0.05) is 30.3 Å². The van der Waals surface area contributed by atoms with Crippen molar-refractivity contribution in [1.29, 1.82) is 0 Å². The highest BCUT2D eigenvalue weighted by molar-refractivity contribution is 5.27. The zero-order valence-corrected chi connectivity index (χ0v) is 12.6. The third-order valence-corrected chi connectivity index (χ3v) is 4.24. The normalized spacial score (nSPS) is 14.2. The van der Waals surface area contributed by atoms with Gasteiger partial charge < -0.3 is 10.4 Å². The predicted octanol–water partition coefficient (Wildman–Crippen LogP) is 1.92. The van der Waals surface area contributed by atoms with E-state index in [-0.39, 0.29) is 6.61 Å². The summed E-state index contributed by atoms with van der Waals surface area (Å²) in [5.74, 6) is 0. The number of hydrogen-bond acceptors (Lipinski definition) is 3. The number of benzene rings is 1. The number of aliphatic hydroxyl groups excluding tert-OH is 1. The lowest BCUT2D eigenvalue weighted by Gasteiger charge is -2.32. The third-order valence-electron chi connectivity index (χ3n) is 4.24. The highest BCUT2D eigenvalue weighted by Crippen LogP contribution is 2.24. The van der Waals surface area contributed by atoms with E-state index < -0.39 is 5.54 Å². The molecule has 0 aliphatic heterocycles. The second-order valence-electron chi connectivity index (χ2n) is 5.31. The zero-order chi connectivity index (χ0) is 14.8. The summed E-state index contributed by atoms with van der Waals surface area (Å²) in [6.07, 6.45) is 0. The fraction of sp³-hybridized carbons (Fsp3) is 0.438. The molecule has 0 aliphatic rings. The van der Waals surface area contributed by atoms with Crippen molar-refractivity contribution in [1.82, 2.24) is 15.1 Å². The maximum absolute atomic E-state index is 9.95. The van der Waals surface area contributed by atoms with E-state index in [1.807, 2.05) is 49.0 Å². The molecule has 0 saturated heterocycles. The summed E-state index contributed by atoms with van der Waals surface area (Å²) in [6, 6.07) is 10.0. The van der Waals surface area contributed by atoms with Crippen LogP contribution >= 0.6 is 0 Å². The van der Waals surface area contributed by atoms with Crippen LogP contribution in [0, 0.1) is 20.8 Å². The van der Waals surface area contributed by atoms with Crippen LogP contribution in [-0.2, 0) is 12.1 Å². The fourth-order valence-corrected chi connectivity index (χ4v) is 2.49. The van der Waals surface area contributed by atoms with E-state index >= 15 is 0 Å². The Labute approximate surface area is 120 Å². The molecule has 1 unspecified atom stereocenters. The molecule has 2 aromatic rings. The van der Waals surface area contributed by atoms with Crippen molar-refractivity contribution in [3.05, 3.63) is 52.8 Å². The molecule has 0 saturated carbocycles. The fourth-order valence-electron chi connectivity index (χ4n) is 2.49. The Morgan fingerprint density at radius 3 is 2.30 bits per heavy atom. The monoisotopic (exact) mass is 273 g/mol. The molecule has 0 amide bonds. The molecule has 20 heavy (non-hydrogen) atoms. The second kappa shape index (κ2) is 5.77. The van der Waals surface area contributed by atoms with Gasteiger partial charge in [0.2, 0.25) is 0 Å². The molecular formula is C16H23N3O. The lowest BCUT2D eigenvalue weighted by molar-refractivity contribution is 0.145. The van der Waals surface area contributed by atoms with E-state index in [0.717, 1.165) is 17.0 Å². The number of rotatable bonds is 5. The van der Waals surface area contributed by atoms with Crippen LogP contribution in [0.4, 0.5) is 0 Å². The quantitative estimate of drug-likeness (QED) is 0.875. The van der Waals surface area contributed by atoms with Crippen molar-refractivity contribution in [2.45, 2.75) is 32.9 Å². The zero-order valence-electron chi connectivity index (χ0n) is 12.6. The molecular weight excluding hydrogens is 250 g/mol. The molecule has 1 atom stereocenters. The second-order valence-corrected chi connectivity index (χ2v) is 5.31. The Kier molecular flexibility index (Phi) is 4.26. The van der Waals surface area contributed by atoms with Gasteiger partial charge in [-0.25, -0.2) is 0 Å². The van der Waals surface area contributed by atoms with Crippen molar-refractivity contribution < 1.29 is 5.11 Å². The van der Waals surface area contributed by atoms with Crippen LogP contribution in [0.1, 0.15) is 22.5 Å². The molecule has 1 aromatic carbocycles. The van der Waals surface area contributed by atoms with E-state index in [9.17, 15) is 5.11 Å². The van der Waals surface area contributed by atoms with Crippen LogP contribution in [-0.4, -0.2) is 28.5 Å². The van der Waals surface area contributed by atoms with Gasteiger partial charge in [-0.05, 0) is 38.9 Å². The first-order chi connectivity index (χ1) is 9.54. The molecule has 0 bridgehead atoms. The number of aryl methyl sites for hydroxylation is 1. The van der Waals surface area contributed by atoms with Crippen molar-refractivity contribution in [2.75, 3.05) is 13.7 Å². The van der Waals surface area contributed by atoms with E-state index in [1.165, 1.54) is 5.56 Å². The molecule has 2 rings (SSSR count). The molecule has 0 spiro atoms. The number of hydrogen-bond donors (Lipinski definition) is 2. The summed E-state index contributed by atoms with van der Waals surface area (Å²) in [6.45, 7) is 6.78. The van der Waals surface area contributed by atoms with Crippen LogP contribution in [0.5, 0.6) is 0 Å². The van der Waals surface area contributed by atoms with E-state index in [0.29, 0.717) is 6.54 Å². The first-order valence-corrected chi connectivity index (χ1v) is 6.90. The highest BCUT2D eigenvalue weighted by atomic mass is 16.3. The molecule has 0 fully saturated rings. The Bertz CT molecular complexity index is 571. The van der Waals surface area contributed by atoms with Gasteiger partial charge in [-0.3, -0.25) is 4.68 Å². The van der Waals surface area contributed by atoms with Crippen molar-refractivity contribution >= 4 is 0 Å². The summed E-state index contributed by atoms with van der Waals surface area (Å²) in [4.78, 5) is 0. The topological polar surface area (TPSA) is 50.1 Å². The smallest absolute Gasteiger partial charge is 0.0865 e. The minimum atomic E-state index is -0.517. The first-order valence-electron chi connectivity index (χ1n) is 6.90. The average Bonchev–Trinajstić information content (AvgIpc) is 2.73. The average molecular weight is 273 g/mol. The predicted molar refractivity (Wildman–Crippen MR) is 80.7 cm³/mol. The van der Waals surface area contributed by atoms with Gasteiger partial charge in [0.15, 0.2) is 0 Å². The first kappa shape index (κ1) is 14.8. The molecule has 108 valence electrons. The molecule has 4 nitrogen and oxygen atoms in total. The summed E-state index contributed by atoms with van der Waals surface area (Å²) in [5.41, 5.74) is 3.94. The maximum atomic E-state index is 9.95. The van der Waals surface area contributed by atoms with Crippen molar-refractivity contribution in [3.63, 3.8) is 0 Å². The Balaban J connectivity index is 2.42. The van der Waals surface area contributed by atoms with Crippen LogP contribution in [0.2, 0.25) is 0 Å². The van der Waals surface area contributed by atoms with E-state index in [4.69, 9.17) is 0 Å². The van der Waals surface area contributed by atoms with Gasteiger partial charge in [0.1, 0.15) is 0 Å². The van der Waals surface area contributed by atoms with E-state index in [1.54, 1.807) is 0 Å². The summed E-state index contributed by atoms with van der Waals surface area (Å²) >= 11 is 0. The summed E-state index contributed by atoms with van der Waals surface area (Å²) in [7, 11) is 1.88. The number of aromatic nitrogens is 2. The maximum Gasteiger partial charge on any atom is 0.0865 e. The lowest BCUT2D eigenvalue weighted by atomic mass is 9.90. The van der Waals surface area contributed by atoms with Crippen LogP contribution < -0.4 is 5.32 Å². The minimum absolute atomic E-state index is 0.0188. The van der Waals surface area contributed by atoms with Crippen LogP contribution in [0.3, 0.4) is 0 Å². The molecule has 1 aromatic heterocycles. The minimum Gasteiger partial charge on any atom is -0.394 e. The number of aliphatic hydroxyl groups is 1. The van der Waals surface area contributed by atoms with Crippen molar-refractivity contribution in [3.8, 4) is 0 Å². The number of likely N-dealkylation sites (N-methyl/N-ethyl adjacent to an activating group) is 1. The van der Waals surface area contributed by atoms with Crippen LogP contribution in [0.15, 0.2) is 30.3 Å². The summed E-state index contributed by atoms with van der Waals surface area (Å²) in [5, 5.41) is 17.8. The van der Waals surface area contributed by atoms with Gasteiger partial charge in [-0.2, -0.15) is 5.10 Å². The SMILES string of the molecule is CNC(CO)(Cn1nc(C)c(C)c1C)c1ccccc1. The third kappa shape index (κ3) is 2.49. The number of nitrogens with zero attached hydrogens (tertiary/aromatic N) is 2. The molecule has 1 heterocycles. The van der Waals surface area contributed by atoms with Crippen LogP contribution in [0.25, 0.3) is 0 Å². The van der Waals surface area contributed by atoms with Crippen molar-refractivity contribution in [2.24, 2.45) is 0 Å². The Hall–Kier alpha value is -1.65. The standard InChI is InChI=1S/C16H23N3O/c1-12-13(2)18-19(14(12)3)10-16(11-20,17-4)15-8-6-5-7-9-15/h5-9,17,20H,10-11H2,1-4H3. The summed E-state index contributed by atoms with van der Waals surface area (Å²) < 4.78 is 1.98. The van der Waals surface area contributed by atoms with Gasteiger partial charge in [0.05, 0.1) is 24.4 Å². The molecule has 2 N–H and O–H groups in total. The molecule has 0 radical (unpaired) electrons. The molecule has 4 heteroatoms. The Morgan fingerprint density at radius 1 is 1.20 bits per heavy atom. The Morgan fingerprint density at radius 2 is 1.85 bits per heavy atom. The highest BCUT2D eigenvalue weighted by Gasteiger charge is 2.31. The van der Waals surface area contributed by atoms with Gasteiger partial charge in [0.25, 0.3) is 0 Å². The largest absolute Gasteiger partial charge is 0.394 e. The van der Waals surface area contributed by atoms with Gasteiger partial charge >= 0.3 is 0 Å². The van der Waals surface area contributed by atoms with Gasteiger partial charge in [-0.15, -0.1) is 0 Å². The van der Waals surface area contributed by atoms with Gasteiger partial charge in [0, 0.05) is 5.69 Å². The van der Waals surface area contributed by atoms with E-state index in [2.05, 4.69) is 24.3 Å². The number of nitrogens with one attached hydrogen (secondary N) is 1.